The number of likely N-dealkylation sites (tertiary alicyclic amines) is 1. The molecule has 3 rings (SSSR count). The van der Waals surface area contributed by atoms with Crippen LogP contribution in [0.2, 0.25) is 0 Å². The molecule has 0 spiro atoms. The topological polar surface area (TPSA) is 64.4 Å². The number of benzene rings is 1. The van der Waals surface area contributed by atoms with Gasteiger partial charge in [0.05, 0.1) is 11.3 Å². The highest BCUT2D eigenvalue weighted by Gasteiger charge is 2.29. The lowest BCUT2D eigenvalue weighted by Gasteiger charge is -2.38. The first-order valence-corrected chi connectivity index (χ1v) is 11.6. The minimum atomic E-state index is -0.510. The summed E-state index contributed by atoms with van der Waals surface area (Å²) in [6, 6.07) is 7.23. The lowest BCUT2D eigenvalue weighted by molar-refractivity contribution is -0.140. The van der Waals surface area contributed by atoms with Crippen LogP contribution in [0.3, 0.4) is 0 Å². The second-order valence-electron chi connectivity index (χ2n) is 6.80. The summed E-state index contributed by atoms with van der Waals surface area (Å²) >= 11 is 8.31. The fourth-order valence-corrected chi connectivity index (χ4v) is 5.22. The molecule has 1 aromatic heterocycles. The van der Waals surface area contributed by atoms with Gasteiger partial charge in [0, 0.05) is 12.1 Å². The molecule has 1 aliphatic rings. The van der Waals surface area contributed by atoms with Crippen molar-refractivity contribution in [3.63, 3.8) is 0 Å². The normalized spacial score (nSPS) is 19.5. The Labute approximate surface area is 177 Å². The highest BCUT2D eigenvalue weighted by Crippen LogP contribution is 2.23. The van der Waals surface area contributed by atoms with Crippen LogP contribution in [0.4, 0.5) is 0 Å². The molecule has 1 amide bonds. The molecular formula is C19H23N3O3S3. The van der Waals surface area contributed by atoms with E-state index >= 15 is 0 Å². The molecule has 1 aliphatic heterocycles. The molecule has 2 aromatic rings. The molecule has 1 saturated heterocycles. The zero-order chi connectivity index (χ0) is 20.3. The average Bonchev–Trinajstić information content (AvgIpc) is 3.07. The molecule has 150 valence electrons. The van der Waals surface area contributed by atoms with E-state index in [0.29, 0.717) is 9.52 Å². The van der Waals surface area contributed by atoms with E-state index in [-0.39, 0.29) is 24.6 Å². The van der Waals surface area contributed by atoms with Crippen LogP contribution in [0.15, 0.2) is 28.6 Å². The number of carbonyl (C=O) groups is 2. The lowest BCUT2D eigenvalue weighted by atomic mass is 9.97. The zero-order valence-electron chi connectivity index (χ0n) is 16.1. The molecule has 28 heavy (non-hydrogen) atoms. The smallest absolute Gasteiger partial charge is 0.338 e. The zero-order valence-corrected chi connectivity index (χ0v) is 18.5. The molecule has 0 aliphatic carbocycles. The van der Waals surface area contributed by atoms with Gasteiger partial charge in [0.25, 0.3) is 5.91 Å². The van der Waals surface area contributed by atoms with E-state index in [2.05, 4.69) is 5.10 Å². The summed E-state index contributed by atoms with van der Waals surface area (Å²) in [5.41, 5.74) is 1.17. The number of aromatic nitrogens is 2. The Bertz CT molecular complexity index is 897. The molecule has 2 heterocycles. The SMILES string of the molecule is CSc1nn(-c2ccc(C(=O)OCC(=O)N3[C@H](C)CCC[C@H]3C)cc2)c(=S)s1. The van der Waals surface area contributed by atoms with Crippen molar-refractivity contribution in [2.75, 3.05) is 12.9 Å². The van der Waals surface area contributed by atoms with E-state index in [1.165, 1.54) is 23.1 Å². The van der Waals surface area contributed by atoms with Crippen LogP contribution < -0.4 is 0 Å². The summed E-state index contributed by atoms with van der Waals surface area (Å²) in [6.07, 6.45) is 5.05. The van der Waals surface area contributed by atoms with Crippen molar-refractivity contribution < 1.29 is 14.3 Å². The molecule has 0 saturated carbocycles. The van der Waals surface area contributed by atoms with Crippen molar-refractivity contribution in [2.24, 2.45) is 0 Å². The van der Waals surface area contributed by atoms with Crippen LogP contribution in [0.25, 0.3) is 5.69 Å². The maximum absolute atomic E-state index is 12.5. The van der Waals surface area contributed by atoms with Gasteiger partial charge in [0.1, 0.15) is 0 Å². The second-order valence-corrected chi connectivity index (χ2v) is 9.48. The molecule has 1 aromatic carbocycles. The van der Waals surface area contributed by atoms with E-state index in [9.17, 15) is 9.59 Å². The molecule has 6 nitrogen and oxygen atoms in total. The van der Waals surface area contributed by atoms with Gasteiger partial charge < -0.3 is 9.64 Å². The Morgan fingerprint density at radius 1 is 1.25 bits per heavy atom. The van der Waals surface area contributed by atoms with Gasteiger partial charge in [-0.2, -0.15) is 0 Å². The van der Waals surface area contributed by atoms with Gasteiger partial charge in [-0.15, -0.1) is 5.10 Å². The number of carbonyl (C=O) groups excluding carboxylic acids is 2. The number of piperidine rings is 1. The Balaban J connectivity index is 1.62. The van der Waals surface area contributed by atoms with Crippen molar-refractivity contribution in [3.05, 3.63) is 33.8 Å². The van der Waals surface area contributed by atoms with Crippen molar-refractivity contribution in [1.29, 1.82) is 0 Å². The lowest BCUT2D eigenvalue weighted by Crippen LogP contribution is -2.49. The van der Waals surface area contributed by atoms with Gasteiger partial charge >= 0.3 is 5.97 Å². The standard InChI is InChI=1S/C19H23N3O3S3/c1-12-5-4-6-13(2)21(12)16(23)11-25-17(24)14-7-9-15(10-8-14)22-19(26)28-18(20-22)27-3/h7-10,12-13H,4-6,11H2,1-3H3/t12-,13-/m1/s1. The minimum absolute atomic E-state index is 0.136. The second kappa shape index (κ2) is 9.19. The first-order valence-electron chi connectivity index (χ1n) is 9.13. The number of rotatable bonds is 5. The molecule has 1 fully saturated rings. The predicted octanol–water partition coefficient (Wildman–Crippen LogP) is 4.33. The largest absolute Gasteiger partial charge is 0.452 e. The summed E-state index contributed by atoms with van der Waals surface area (Å²) in [6.45, 7) is 3.85. The summed E-state index contributed by atoms with van der Waals surface area (Å²) in [4.78, 5) is 26.7. The van der Waals surface area contributed by atoms with Crippen LogP contribution in [0.1, 0.15) is 43.5 Å². The monoisotopic (exact) mass is 437 g/mol. The summed E-state index contributed by atoms with van der Waals surface area (Å²) < 4.78 is 8.46. The predicted molar refractivity (Wildman–Crippen MR) is 114 cm³/mol. The van der Waals surface area contributed by atoms with Crippen molar-refractivity contribution in [1.82, 2.24) is 14.7 Å². The third-order valence-corrected chi connectivity index (χ3v) is 7.07. The van der Waals surface area contributed by atoms with Crippen molar-refractivity contribution in [3.8, 4) is 5.69 Å². The molecule has 0 unspecified atom stereocenters. The number of ether oxygens (including phenoxy) is 1. The first-order chi connectivity index (χ1) is 13.4. The van der Waals surface area contributed by atoms with Gasteiger partial charge in [-0.3, -0.25) is 4.79 Å². The number of nitrogens with zero attached hydrogens (tertiary/aromatic N) is 3. The molecule has 0 radical (unpaired) electrons. The van der Waals surface area contributed by atoms with Gasteiger partial charge in [-0.25, -0.2) is 9.48 Å². The van der Waals surface area contributed by atoms with Gasteiger partial charge in [0.2, 0.25) is 0 Å². The van der Waals surface area contributed by atoms with Crippen LogP contribution in [0.5, 0.6) is 0 Å². The maximum atomic E-state index is 12.5. The summed E-state index contributed by atoms with van der Waals surface area (Å²) in [5.74, 6) is -0.646. The van der Waals surface area contributed by atoms with Gasteiger partial charge in [0.15, 0.2) is 14.9 Å². The van der Waals surface area contributed by atoms with Crippen molar-refractivity contribution >= 4 is 47.2 Å². The Morgan fingerprint density at radius 3 is 2.46 bits per heavy atom. The van der Waals surface area contributed by atoms with E-state index in [4.69, 9.17) is 17.0 Å². The number of amides is 1. The quantitative estimate of drug-likeness (QED) is 0.394. The van der Waals surface area contributed by atoms with E-state index in [1.807, 2.05) is 25.0 Å². The number of esters is 1. The van der Waals surface area contributed by atoms with E-state index in [1.54, 1.807) is 28.9 Å². The van der Waals surface area contributed by atoms with Crippen LogP contribution in [-0.2, 0) is 9.53 Å². The Kier molecular flexibility index (Phi) is 6.90. The molecule has 0 N–H and O–H groups in total. The van der Waals surface area contributed by atoms with E-state index < -0.39 is 5.97 Å². The van der Waals surface area contributed by atoms with E-state index in [0.717, 1.165) is 29.3 Å². The number of hydrogen-bond acceptors (Lipinski definition) is 7. The maximum Gasteiger partial charge on any atom is 0.338 e. The number of thioether (sulfide) groups is 1. The minimum Gasteiger partial charge on any atom is -0.452 e. The Hall–Kier alpha value is -1.71. The van der Waals surface area contributed by atoms with Crippen LogP contribution in [-0.4, -0.2) is 51.5 Å². The third kappa shape index (κ3) is 4.64. The first kappa shape index (κ1) is 21.0. The van der Waals surface area contributed by atoms with Crippen LogP contribution in [0, 0.1) is 3.95 Å². The highest BCUT2D eigenvalue weighted by molar-refractivity contribution is 8.00. The molecule has 2 atom stereocenters. The summed E-state index contributed by atoms with van der Waals surface area (Å²) in [7, 11) is 0. The number of hydrogen-bond donors (Lipinski definition) is 0. The van der Waals surface area contributed by atoms with Crippen molar-refractivity contribution in [2.45, 2.75) is 49.5 Å². The molecule has 0 bridgehead atoms. The molecular weight excluding hydrogens is 414 g/mol. The average molecular weight is 438 g/mol. The molecule has 9 heteroatoms. The van der Waals surface area contributed by atoms with Gasteiger partial charge in [-0.1, -0.05) is 23.1 Å². The summed E-state index contributed by atoms with van der Waals surface area (Å²) in [5, 5.41) is 4.43. The fraction of sp³-hybridized carbons (Fsp3) is 0.474. The fourth-order valence-electron chi connectivity index (χ4n) is 3.44. The van der Waals surface area contributed by atoms with Crippen LogP contribution >= 0.6 is 35.3 Å². The highest BCUT2D eigenvalue weighted by atomic mass is 32.2. The third-order valence-electron chi connectivity index (χ3n) is 4.86. The van der Waals surface area contributed by atoms with Gasteiger partial charge in [-0.05, 0) is 75.8 Å². The Morgan fingerprint density at radius 2 is 1.89 bits per heavy atom.